The number of hydrogen-bond acceptors (Lipinski definition) is 5. The Morgan fingerprint density at radius 1 is 1.25 bits per heavy atom. The van der Waals surface area contributed by atoms with Crippen molar-refractivity contribution in [3.63, 3.8) is 0 Å². The van der Waals surface area contributed by atoms with Crippen LogP contribution in [0.2, 0.25) is 0 Å². The number of nitrogens with one attached hydrogen (secondary N) is 2. The first kappa shape index (κ1) is 16.5. The monoisotopic (exact) mass is 349 g/mol. The highest BCUT2D eigenvalue weighted by Crippen LogP contribution is 2.18. The summed E-state index contributed by atoms with van der Waals surface area (Å²) in [6, 6.07) is 9.15. The van der Waals surface area contributed by atoms with E-state index >= 15 is 0 Å². The average Bonchev–Trinajstić information content (AvgIpc) is 3.18. The van der Waals surface area contributed by atoms with Gasteiger partial charge in [0, 0.05) is 12.1 Å². The number of carbonyl (C=O) groups is 1. The molecule has 2 amide bonds. The van der Waals surface area contributed by atoms with Gasteiger partial charge in [0.05, 0.1) is 23.7 Å². The first-order valence-electron chi connectivity index (χ1n) is 7.74. The van der Waals surface area contributed by atoms with E-state index in [4.69, 9.17) is 4.42 Å². The van der Waals surface area contributed by atoms with E-state index in [0.29, 0.717) is 24.6 Å². The van der Waals surface area contributed by atoms with Crippen molar-refractivity contribution in [3.8, 4) is 11.5 Å². The van der Waals surface area contributed by atoms with Crippen LogP contribution in [0.1, 0.15) is 12.1 Å². The third kappa shape index (κ3) is 4.35. The first-order valence-corrected chi connectivity index (χ1v) is 9.56. The van der Waals surface area contributed by atoms with Crippen molar-refractivity contribution in [2.24, 2.45) is 5.92 Å². The average molecular weight is 349 g/mol. The van der Waals surface area contributed by atoms with Crippen molar-refractivity contribution < 1.29 is 17.6 Å². The van der Waals surface area contributed by atoms with E-state index in [1.807, 2.05) is 30.3 Å². The molecule has 1 aromatic heterocycles. The van der Waals surface area contributed by atoms with Crippen LogP contribution in [0.15, 0.2) is 41.0 Å². The fraction of sp³-hybridized carbons (Fsp3) is 0.375. The number of aromatic nitrogens is 1. The Morgan fingerprint density at radius 2 is 2.04 bits per heavy atom. The highest BCUT2D eigenvalue weighted by molar-refractivity contribution is 7.91. The summed E-state index contributed by atoms with van der Waals surface area (Å²) in [6.07, 6.45) is 2.11. The van der Waals surface area contributed by atoms with Gasteiger partial charge in [-0.25, -0.2) is 18.2 Å². The number of rotatable bonds is 5. The number of amides is 2. The van der Waals surface area contributed by atoms with Gasteiger partial charge in [-0.2, -0.15) is 0 Å². The van der Waals surface area contributed by atoms with Crippen molar-refractivity contribution in [1.82, 2.24) is 15.6 Å². The Hall–Kier alpha value is -2.35. The molecule has 2 N–H and O–H groups in total. The van der Waals surface area contributed by atoms with Gasteiger partial charge in [-0.3, -0.25) is 0 Å². The first-order chi connectivity index (χ1) is 11.5. The van der Waals surface area contributed by atoms with Crippen molar-refractivity contribution in [1.29, 1.82) is 0 Å². The van der Waals surface area contributed by atoms with Crippen LogP contribution in [0.25, 0.3) is 11.5 Å². The van der Waals surface area contributed by atoms with E-state index in [0.717, 1.165) is 5.56 Å². The Kier molecular flexibility index (Phi) is 4.84. The lowest BCUT2D eigenvalue weighted by molar-refractivity contribution is 0.239. The van der Waals surface area contributed by atoms with E-state index in [-0.39, 0.29) is 30.0 Å². The number of carbonyl (C=O) groups excluding carboxylic acids is 1. The Balaban J connectivity index is 1.44. The molecule has 128 valence electrons. The van der Waals surface area contributed by atoms with Crippen molar-refractivity contribution >= 4 is 15.9 Å². The molecule has 0 aliphatic carbocycles. The minimum Gasteiger partial charge on any atom is -0.444 e. The second kappa shape index (κ2) is 7.04. The SMILES string of the molecule is O=C(NCc1coc(-c2ccccc2)n1)NCC1CCS(=O)(=O)C1. The molecule has 2 heterocycles. The van der Waals surface area contributed by atoms with E-state index in [1.165, 1.54) is 6.26 Å². The predicted molar refractivity (Wildman–Crippen MR) is 88.9 cm³/mol. The normalized spacial score (nSPS) is 19.1. The van der Waals surface area contributed by atoms with Crippen LogP contribution in [-0.4, -0.2) is 37.5 Å². The Morgan fingerprint density at radius 3 is 2.75 bits per heavy atom. The lowest BCUT2D eigenvalue weighted by Gasteiger charge is -2.10. The molecule has 0 spiro atoms. The molecule has 1 fully saturated rings. The molecule has 0 radical (unpaired) electrons. The molecular formula is C16H19N3O4S. The Labute approximate surface area is 140 Å². The summed E-state index contributed by atoms with van der Waals surface area (Å²) in [5.41, 5.74) is 1.49. The molecule has 1 aliphatic heterocycles. The van der Waals surface area contributed by atoms with Crippen LogP contribution in [0.3, 0.4) is 0 Å². The van der Waals surface area contributed by atoms with Gasteiger partial charge in [-0.05, 0) is 24.5 Å². The molecule has 0 saturated carbocycles. The third-order valence-corrected chi connectivity index (χ3v) is 5.72. The molecule has 1 unspecified atom stereocenters. The van der Waals surface area contributed by atoms with E-state index < -0.39 is 9.84 Å². The third-order valence-electron chi connectivity index (χ3n) is 3.88. The van der Waals surface area contributed by atoms with Crippen molar-refractivity contribution in [2.45, 2.75) is 13.0 Å². The van der Waals surface area contributed by atoms with Crippen molar-refractivity contribution in [3.05, 3.63) is 42.3 Å². The lowest BCUT2D eigenvalue weighted by Crippen LogP contribution is -2.38. The maximum absolute atomic E-state index is 11.8. The summed E-state index contributed by atoms with van der Waals surface area (Å²) in [4.78, 5) is 16.1. The molecule has 2 aromatic rings. The summed E-state index contributed by atoms with van der Waals surface area (Å²) in [7, 11) is -2.92. The minimum absolute atomic E-state index is 0.00233. The highest BCUT2D eigenvalue weighted by Gasteiger charge is 2.27. The molecule has 1 aliphatic rings. The molecule has 8 heteroatoms. The standard InChI is InChI=1S/C16H19N3O4S/c20-16(17-8-12-6-7-24(21,22)11-12)18-9-14-10-23-15(19-14)13-4-2-1-3-5-13/h1-5,10,12H,6-9,11H2,(H2,17,18,20). The number of hydrogen-bond donors (Lipinski definition) is 2. The summed E-state index contributed by atoms with van der Waals surface area (Å²) < 4.78 is 28.1. The summed E-state index contributed by atoms with van der Waals surface area (Å²) in [5.74, 6) is 0.862. The van der Waals surface area contributed by atoms with Gasteiger partial charge in [0.1, 0.15) is 6.26 Å². The molecule has 1 atom stereocenters. The Bertz CT molecular complexity index is 802. The van der Waals surface area contributed by atoms with Gasteiger partial charge in [-0.1, -0.05) is 18.2 Å². The number of sulfone groups is 1. The molecule has 3 rings (SSSR count). The highest BCUT2D eigenvalue weighted by atomic mass is 32.2. The van der Waals surface area contributed by atoms with Gasteiger partial charge >= 0.3 is 6.03 Å². The van der Waals surface area contributed by atoms with Crippen LogP contribution in [0.4, 0.5) is 4.79 Å². The zero-order valence-corrected chi connectivity index (χ0v) is 13.9. The lowest BCUT2D eigenvalue weighted by atomic mass is 10.1. The molecule has 24 heavy (non-hydrogen) atoms. The number of urea groups is 1. The van der Waals surface area contributed by atoms with E-state index in [9.17, 15) is 13.2 Å². The van der Waals surface area contributed by atoms with E-state index in [1.54, 1.807) is 0 Å². The fourth-order valence-electron chi connectivity index (χ4n) is 2.60. The largest absolute Gasteiger partial charge is 0.444 e. The minimum atomic E-state index is -2.92. The van der Waals surface area contributed by atoms with E-state index in [2.05, 4.69) is 15.6 Å². The number of nitrogens with zero attached hydrogens (tertiary/aromatic N) is 1. The second-order valence-corrected chi connectivity index (χ2v) is 8.07. The summed E-state index contributed by atoms with van der Waals surface area (Å²) >= 11 is 0. The predicted octanol–water partition coefficient (Wildman–Crippen LogP) is 1.58. The van der Waals surface area contributed by atoms with Gasteiger partial charge < -0.3 is 15.1 Å². The van der Waals surface area contributed by atoms with Crippen LogP contribution in [-0.2, 0) is 16.4 Å². The van der Waals surface area contributed by atoms with Gasteiger partial charge in [0.25, 0.3) is 0 Å². The van der Waals surface area contributed by atoms with Crippen LogP contribution >= 0.6 is 0 Å². The molecular weight excluding hydrogens is 330 g/mol. The number of benzene rings is 1. The smallest absolute Gasteiger partial charge is 0.315 e. The quantitative estimate of drug-likeness (QED) is 0.853. The second-order valence-electron chi connectivity index (χ2n) is 5.84. The van der Waals surface area contributed by atoms with Crippen LogP contribution in [0.5, 0.6) is 0 Å². The maximum atomic E-state index is 11.8. The molecule has 0 bridgehead atoms. The van der Waals surface area contributed by atoms with Gasteiger partial charge in [0.15, 0.2) is 9.84 Å². The fourth-order valence-corrected chi connectivity index (χ4v) is 4.47. The zero-order chi connectivity index (χ0) is 17.0. The van der Waals surface area contributed by atoms with Gasteiger partial charge in [0.2, 0.25) is 5.89 Å². The molecule has 1 saturated heterocycles. The van der Waals surface area contributed by atoms with Crippen LogP contribution in [0, 0.1) is 5.92 Å². The molecule has 7 nitrogen and oxygen atoms in total. The van der Waals surface area contributed by atoms with Crippen LogP contribution < -0.4 is 10.6 Å². The summed E-state index contributed by atoms with van der Waals surface area (Å²) in [5, 5.41) is 5.38. The molecule has 1 aromatic carbocycles. The van der Waals surface area contributed by atoms with Gasteiger partial charge in [-0.15, -0.1) is 0 Å². The number of oxazole rings is 1. The van der Waals surface area contributed by atoms with Crippen molar-refractivity contribution in [2.75, 3.05) is 18.1 Å². The topological polar surface area (TPSA) is 101 Å². The summed E-state index contributed by atoms with van der Waals surface area (Å²) in [6.45, 7) is 0.601. The maximum Gasteiger partial charge on any atom is 0.315 e. The zero-order valence-electron chi connectivity index (χ0n) is 13.1.